The number of hydrogen-bond acceptors (Lipinski definition) is 4. The van der Waals surface area contributed by atoms with Gasteiger partial charge in [-0.05, 0) is 42.2 Å². The first-order valence-electron chi connectivity index (χ1n) is 9.76. The number of likely N-dealkylation sites (tertiary alicyclic amines) is 1. The first-order chi connectivity index (χ1) is 14.4. The van der Waals surface area contributed by atoms with Gasteiger partial charge in [0.2, 0.25) is 5.91 Å². The SMILES string of the molecule is COc1ccc([C@@H]2CCCN2C(=O)C[C@@H](NC(N)=O)c2ccccc2Cl)cc1OC. The van der Waals surface area contributed by atoms with Crippen LogP contribution in [0.1, 0.15) is 42.5 Å². The molecule has 2 atom stereocenters. The molecule has 30 heavy (non-hydrogen) atoms. The molecule has 1 saturated heterocycles. The van der Waals surface area contributed by atoms with Gasteiger partial charge in [-0.3, -0.25) is 4.79 Å². The van der Waals surface area contributed by atoms with Crippen LogP contribution in [0.5, 0.6) is 11.5 Å². The maximum atomic E-state index is 13.2. The number of primary amides is 1. The maximum absolute atomic E-state index is 13.2. The van der Waals surface area contributed by atoms with Gasteiger partial charge >= 0.3 is 6.03 Å². The van der Waals surface area contributed by atoms with E-state index < -0.39 is 12.1 Å². The Kier molecular flexibility index (Phi) is 7.05. The standard InChI is InChI=1S/C22H26ClN3O4/c1-29-19-10-9-14(12-20(19)30-2)18-8-5-11-26(18)21(27)13-17(25-22(24)28)15-6-3-4-7-16(15)23/h3-4,6-7,9-10,12,17-18H,5,8,11,13H2,1-2H3,(H3,24,25,28)/t17-,18+/m1/s1. The van der Waals surface area contributed by atoms with E-state index in [0.29, 0.717) is 28.6 Å². The lowest BCUT2D eigenvalue weighted by atomic mass is 10.0. The van der Waals surface area contributed by atoms with E-state index in [1.807, 2.05) is 29.2 Å². The Morgan fingerprint density at radius 1 is 1.20 bits per heavy atom. The third-order valence-electron chi connectivity index (χ3n) is 5.34. The van der Waals surface area contributed by atoms with E-state index >= 15 is 0 Å². The molecule has 0 aromatic heterocycles. The topological polar surface area (TPSA) is 93.9 Å². The molecule has 0 unspecified atom stereocenters. The number of nitrogens with two attached hydrogens (primary N) is 1. The highest BCUT2D eigenvalue weighted by Gasteiger charge is 2.32. The molecule has 1 fully saturated rings. The number of nitrogens with zero attached hydrogens (tertiary/aromatic N) is 1. The highest BCUT2D eigenvalue weighted by molar-refractivity contribution is 6.31. The molecule has 1 aliphatic heterocycles. The second kappa shape index (κ2) is 9.71. The molecule has 2 aromatic rings. The van der Waals surface area contributed by atoms with Crippen molar-refractivity contribution in [2.75, 3.05) is 20.8 Å². The van der Waals surface area contributed by atoms with Crippen LogP contribution in [0.2, 0.25) is 5.02 Å². The number of methoxy groups -OCH3 is 2. The molecule has 0 saturated carbocycles. The Hall–Kier alpha value is -2.93. The van der Waals surface area contributed by atoms with Gasteiger partial charge in [0.15, 0.2) is 11.5 Å². The zero-order valence-electron chi connectivity index (χ0n) is 17.1. The third-order valence-corrected chi connectivity index (χ3v) is 5.69. The van der Waals surface area contributed by atoms with Crippen LogP contribution >= 0.6 is 11.6 Å². The average Bonchev–Trinajstić information content (AvgIpc) is 3.23. The van der Waals surface area contributed by atoms with Crippen LogP contribution in [0.15, 0.2) is 42.5 Å². The molecule has 160 valence electrons. The number of urea groups is 1. The first kappa shape index (κ1) is 21.8. The quantitative estimate of drug-likeness (QED) is 0.696. The summed E-state index contributed by atoms with van der Waals surface area (Å²) in [4.78, 5) is 26.6. The molecule has 1 aliphatic rings. The monoisotopic (exact) mass is 431 g/mol. The van der Waals surface area contributed by atoms with E-state index in [0.717, 1.165) is 18.4 Å². The number of benzene rings is 2. The minimum atomic E-state index is -0.703. The molecule has 7 nitrogen and oxygen atoms in total. The molecule has 1 heterocycles. The summed E-state index contributed by atoms with van der Waals surface area (Å²) in [5.74, 6) is 1.19. The highest BCUT2D eigenvalue weighted by atomic mass is 35.5. The summed E-state index contributed by atoms with van der Waals surface area (Å²) in [7, 11) is 3.17. The van der Waals surface area contributed by atoms with Crippen LogP contribution in [-0.2, 0) is 4.79 Å². The lowest BCUT2D eigenvalue weighted by Gasteiger charge is -2.28. The number of rotatable bonds is 7. The summed E-state index contributed by atoms with van der Waals surface area (Å²) in [6, 6.07) is 11.4. The van der Waals surface area contributed by atoms with Crippen LogP contribution in [0.25, 0.3) is 0 Å². The lowest BCUT2D eigenvalue weighted by Crippen LogP contribution is -2.38. The fourth-order valence-corrected chi connectivity index (χ4v) is 4.20. The molecule has 3 N–H and O–H groups in total. The third kappa shape index (κ3) is 4.79. The highest BCUT2D eigenvalue weighted by Crippen LogP contribution is 2.38. The van der Waals surface area contributed by atoms with Gasteiger partial charge in [-0.1, -0.05) is 35.9 Å². The van der Waals surface area contributed by atoms with E-state index in [1.54, 1.807) is 32.4 Å². The Balaban J connectivity index is 1.82. The van der Waals surface area contributed by atoms with Crippen molar-refractivity contribution < 1.29 is 19.1 Å². The second-order valence-corrected chi connectivity index (χ2v) is 7.55. The van der Waals surface area contributed by atoms with Gasteiger partial charge in [0.1, 0.15) is 0 Å². The van der Waals surface area contributed by atoms with Gasteiger partial charge in [0.05, 0.1) is 32.7 Å². The van der Waals surface area contributed by atoms with Crippen molar-refractivity contribution in [3.05, 3.63) is 58.6 Å². The van der Waals surface area contributed by atoms with Crippen molar-refractivity contribution in [3.8, 4) is 11.5 Å². The smallest absolute Gasteiger partial charge is 0.312 e. The van der Waals surface area contributed by atoms with Gasteiger partial charge in [0.25, 0.3) is 0 Å². The van der Waals surface area contributed by atoms with Crippen LogP contribution in [0.3, 0.4) is 0 Å². The molecule has 0 bridgehead atoms. The summed E-state index contributed by atoms with van der Waals surface area (Å²) in [6.45, 7) is 0.643. The molecule has 3 rings (SSSR count). The number of hydrogen-bond donors (Lipinski definition) is 2. The van der Waals surface area contributed by atoms with E-state index in [1.165, 1.54) is 0 Å². The Morgan fingerprint density at radius 2 is 1.93 bits per heavy atom. The predicted octanol–water partition coefficient (Wildman–Crippen LogP) is 3.82. The van der Waals surface area contributed by atoms with E-state index in [9.17, 15) is 9.59 Å². The van der Waals surface area contributed by atoms with Crippen LogP contribution in [0, 0.1) is 0 Å². The summed E-state index contributed by atoms with van der Waals surface area (Å²) in [5, 5.41) is 3.12. The summed E-state index contributed by atoms with van der Waals surface area (Å²) >= 11 is 6.29. The summed E-state index contributed by atoms with van der Waals surface area (Å²) in [6.07, 6.45) is 1.81. The maximum Gasteiger partial charge on any atom is 0.312 e. The van der Waals surface area contributed by atoms with Crippen LogP contribution < -0.4 is 20.5 Å². The summed E-state index contributed by atoms with van der Waals surface area (Å²) in [5.41, 5.74) is 6.99. The van der Waals surface area contributed by atoms with Gasteiger partial charge < -0.3 is 25.4 Å². The van der Waals surface area contributed by atoms with Gasteiger partial charge in [-0.15, -0.1) is 0 Å². The molecule has 0 radical (unpaired) electrons. The molecule has 2 aromatic carbocycles. The van der Waals surface area contributed by atoms with Gasteiger partial charge in [0, 0.05) is 11.6 Å². The zero-order valence-corrected chi connectivity index (χ0v) is 17.8. The second-order valence-electron chi connectivity index (χ2n) is 7.15. The van der Waals surface area contributed by atoms with Crippen molar-refractivity contribution in [3.63, 3.8) is 0 Å². The van der Waals surface area contributed by atoms with Crippen molar-refractivity contribution in [2.24, 2.45) is 5.73 Å². The molecule has 8 heteroatoms. The van der Waals surface area contributed by atoms with Gasteiger partial charge in [-0.25, -0.2) is 4.79 Å². The average molecular weight is 432 g/mol. The lowest BCUT2D eigenvalue weighted by molar-refractivity contribution is -0.132. The first-order valence-corrected chi connectivity index (χ1v) is 10.1. The normalized spacial score (nSPS) is 16.8. The molecule has 0 aliphatic carbocycles. The van der Waals surface area contributed by atoms with Gasteiger partial charge in [-0.2, -0.15) is 0 Å². The van der Waals surface area contributed by atoms with E-state index in [-0.39, 0.29) is 18.4 Å². The predicted molar refractivity (Wildman–Crippen MR) is 115 cm³/mol. The molecular weight excluding hydrogens is 406 g/mol. The number of nitrogens with one attached hydrogen (secondary N) is 1. The molecule has 0 spiro atoms. The largest absolute Gasteiger partial charge is 0.493 e. The molecular formula is C22H26ClN3O4. The number of amides is 3. The number of carbonyl (C=O) groups excluding carboxylic acids is 2. The Labute approximate surface area is 181 Å². The number of halogens is 1. The van der Waals surface area contributed by atoms with Crippen LogP contribution in [0.4, 0.5) is 4.79 Å². The van der Waals surface area contributed by atoms with E-state index in [2.05, 4.69) is 5.32 Å². The fraction of sp³-hybridized carbons (Fsp3) is 0.364. The van der Waals surface area contributed by atoms with Crippen molar-refractivity contribution >= 4 is 23.5 Å². The Bertz CT molecular complexity index is 921. The fourth-order valence-electron chi connectivity index (χ4n) is 3.93. The van der Waals surface area contributed by atoms with Crippen molar-refractivity contribution in [1.29, 1.82) is 0 Å². The van der Waals surface area contributed by atoms with Crippen molar-refractivity contribution in [2.45, 2.75) is 31.3 Å². The number of ether oxygens (including phenoxy) is 2. The van der Waals surface area contributed by atoms with E-state index in [4.69, 9.17) is 26.8 Å². The zero-order chi connectivity index (χ0) is 21.7. The summed E-state index contributed by atoms with van der Waals surface area (Å²) < 4.78 is 10.7. The number of carbonyl (C=O) groups is 2. The Morgan fingerprint density at radius 3 is 2.60 bits per heavy atom. The minimum absolute atomic E-state index is 0.0659. The van der Waals surface area contributed by atoms with Crippen molar-refractivity contribution in [1.82, 2.24) is 10.2 Å². The van der Waals surface area contributed by atoms with Crippen LogP contribution in [-0.4, -0.2) is 37.6 Å². The molecule has 3 amide bonds. The minimum Gasteiger partial charge on any atom is -0.493 e.